The molecule has 218 valence electrons. The van der Waals surface area contributed by atoms with Gasteiger partial charge < -0.3 is 33.7 Å². The molecule has 2 amide bonds. The van der Waals surface area contributed by atoms with Crippen molar-refractivity contribution in [3.63, 3.8) is 0 Å². The quantitative estimate of drug-likeness (QED) is 0.424. The van der Waals surface area contributed by atoms with E-state index in [1.54, 1.807) is 26.2 Å². The molecule has 0 spiro atoms. The van der Waals surface area contributed by atoms with Gasteiger partial charge in [-0.1, -0.05) is 12.1 Å². The second kappa shape index (κ2) is 12.2. The van der Waals surface area contributed by atoms with Crippen molar-refractivity contribution in [3.8, 4) is 5.75 Å². The lowest BCUT2D eigenvalue weighted by atomic mass is 9.79. The van der Waals surface area contributed by atoms with Crippen molar-refractivity contribution in [1.29, 1.82) is 0 Å². The number of hydrogen-bond donors (Lipinski definition) is 1. The number of carboxylic acids is 1. The Morgan fingerprint density at radius 1 is 1.05 bits per heavy atom. The molecule has 1 saturated heterocycles. The third-order valence-corrected chi connectivity index (χ3v) is 7.38. The molecular weight excluding hydrogens is 537 g/mol. The Morgan fingerprint density at radius 2 is 1.65 bits per heavy atom. The molecule has 1 aromatic heterocycles. The van der Waals surface area contributed by atoms with Gasteiger partial charge in [0.05, 0.1) is 11.2 Å². The van der Waals surface area contributed by atoms with Gasteiger partial charge >= 0.3 is 19.2 Å². The predicted octanol–water partition coefficient (Wildman–Crippen LogP) is 3.42. The van der Waals surface area contributed by atoms with Crippen molar-refractivity contribution in [1.82, 2.24) is 14.8 Å². The molecule has 2 aromatic rings. The van der Waals surface area contributed by atoms with Crippen molar-refractivity contribution in [2.24, 2.45) is 0 Å². The molecule has 1 aliphatic rings. The number of carboxylic acid groups (broad SMARTS) is 1. The molecule has 2 heterocycles. The summed E-state index contributed by atoms with van der Waals surface area (Å²) in [5, 5.41) is 11.4. The molecule has 1 fully saturated rings. The Bertz CT molecular complexity index is 1190. The number of hydrogen-bond acceptors (Lipinski definition) is 9. The van der Waals surface area contributed by atoms with E-state index in [1.807, 2.05) is 52.0 Å². The second-order valence-corrected chi connectivity index (χ2v) is 12.5. The number of thiazole rings is 1. The van der Waals surface area contributed by atoms with E-state index in [9.17, 15) is 19.5 Å². The summed E-state index contributed by atoms with van der Waals surface area (Å²) < 4.78 is 23.3. The van der Waals surface area contributed by atoms with Crippen LogP contribution in [0.3, 0.4) is 0 Å². The van der Waals surface area contributed by atoms with Crippen molar-refractivity contribution >= 4 is 41.9 Å². The monoisotopic (exact) mass is 575 g/mol. The zero-order chi connectivity index (χ0) is 29.9. The lowest BCUT2D eigenvalue weighted by Gasteiger charge is -2.32. The summed E-state index contributed by atoms with van der Waals surface area (Å²) in [6.07, 6.45) is -0.563. The molecule has 0 radical (unpaired) electrons. The first-order chi connectivity index (χ1) is 18.5. The number of nitrogens with zero attached hydrogens (tertiary/aromatic N) is 3. The number of benzene rings is 1. The van der Waals surface area contributed by atoms with Crippen LogP contribution in [0.15, 0.2) is 29.6 Å². The van der Waals surface area contributed by atoms with Gasteiger partial charge in [-0.15, -0.1) is 11.3 Å². The number of aliphatic carboxylic acids is 1. The first kappa shape index (κ1) is 31.4. The van der Waals surface area contributed by atoms with Crippen LogP contribution in [0, 0.1) is 0 Å². The van der Waals surface area contributed by atoms with Gasteiger partial charge in [0.2, 0.25) is 0 Å². The first-order valence-corrected chi connectivity index (χ1v) is 13.8. The van der Waals surface area contributed by atoms with Gasteiger partial charge in [-0.25, -0.2) is 9.78 Å². The van der Waals surface area contributed by atoms with Crippen LogP contribution in [-0.2, 0) is 25.4 Å². The summed E-state index contributed by atoms with van der Waals surface area (Å²) in [7, 11) is 1.06. The average molecular weight is 575 g/mol. The Kier molecular flexibility index (Phi) is 9.53. The zero-order valence-corrected chi connectivity index (χ0v) is 25.2. The third kappa shape index (κ3) is 8.18. The van der Waals surface area contributed by atoms with Crippen LogP contribution in [0.1, 0.15) is 64.0 Å². The Morgan fingerprint density at radius 3 is 2.20 bits per heavy atom. The third-order valence-electron chi connectivity index (χ3n) is 6.56. The van der Waals surface area contributed by atoms with Crippen LogP contribution in [-0.4, -0.2) is 88.5 Å². The molecule has 40 heavy (non-hydrogen) atoms. The van der Waals surface area contributed by atoms with E-state index in [1.165, 1.54) is 23.3 Å². The van der Waals surface area contributed by atoms with Gasteiger partial charge in [0.25, 0.3) is 5.91 Å². The van der Waals surface area contributed by atoms with E-state index in [4.69, 9.17) is 18.8 Å². The van der Waals surface area contributed by atoms with Gasteiger partial charge in [-0.05, 0) is 66.1 Å². The summed E-state index contributed by atoms with van der Waals surface area (Å²) in [5.41, 5.74) is -0.539. The highest BCUT2D eigenvalue weighted by atomic mass is 32.1. The van der Waals surface area contributed by atoms with Crippen LogP contribution >= 0.6 is 11.3 Å². The number of ether oxygens (including phenoxy) is 2. The normalized spacial score (nSPS) is 15.9. The zero-order valence-electron chi connectivity index (χ0n) is 24.3. The summed E-state index contributed by atoms with van der Waals surface area (Å²) >= 11 is 1.24. The summed E-state index contributed by atoms with van der Waals surface area (Å²) in [4.78, 5) is 43.4. The van der Waals surface area contributed by atoms with E-state index in [0.29, 0.717) is 10.8 Å². The van der Waals surface area contributed by atoms with Gasteiger partial charge in [0.15, 0.2) is 0 Å². The number of carbonyl (C=O) groups is 3. The van der Waals surface area contributed by atoms with Crippen molar-refractivity contribution < 1.29 is 38.3 Å². The van der Waals surface area contributed by atoms with Crippen LogP contribution in [0.25, 0.3) is 0 Å². The van der Waals surface area contributed by atoms with E-state index in [-0.39, 0.29) is 25.4 Å². The number of likely N-dealkylation sites (N-methyl/N-ethyl adjacent to an activating group) is 1. The molecule has 0 unspecified atom stereocenters. The maximum atomic E-state index is 13.0. The SMILES string of the molecule is CN(CCN(CC(=O)O)C(=O)c1csc(COc2ccc(B3OC(C)(C)C(C)(C)O3)cc2)n1)C(=O)OC(C)(C)C. The number of amides is 2. The van der Waals surface area contributed by atoms with Crippen LogP contribution in [0.5, 0.6) is 5.75 Å². The average Bonchev–Trinajstić information content (AvgIpc) is 3.40. The molecule has 11 nitrogen and oxygen atoms in total. The van der Waals surface area contributed by atoms with E-state index in [0.717, 1.165) is 10.4 Å². The van der Waals surface area contributed by atoms with E-state index < -0.39 is 48.4 Å². The van der Waals surface area contributed by atoms with Crippen LogP contribution in [0.2, 0.25) is 0 Å². The fraction of sp³-hybridized carbons (Fsp3) is 0.556. The highest BCUT2D eigenvalue weighted by Crippen LogP contribution is 2.36. The summed E-state index contributed by atoms with van der Waals surface area (Å²) in [5.74, 6) is -1.11. The standard InChI is InChI=1S/C27H38BN3O8S/c1-25(2,3)37-24(35)30(8)13-14-31(15-22(32)33)23(34)20-17-40-21(29-20)16-36-19-11-9-18(10-12-19)28-38-26(4,5)27(6,7)39-28/h9-12,17H,13-16H2,1-8H3,(H,32,33). The van der Waals surface area contributed by atoms with Crippen LogP contribution in [0.4, 0.5) is 4.79 Å². The van der Waals surface area contributed by atoms with Crippen molar-refractivity contribution in [2.45, 2.75) is 71.9 Å². The smallest absolute Gasteiger partial charge is 0.486 e. The molecule has 0 saturated carbocycles. The minimum absolute atomic E-state index is 0.000622. The number of aromatic nitrogens is 1. The maximum Gasteiger partial charge on any atom is 0.494 e. The number of carbonyl (C=O) groups excluding carboxylic acids is 2. The molecule has 0 atom stereocenters. The molecule has 13 heteroatoms. The van der Waals surface area contributed by atoms with Crippen molar-refractivity contribution in [3.05, 3.63) is 40.3 Å². The Labute approximate surface area is 239 Å². The largest absolute Gasteiger partial charge is 0.494 e. The summed E-state index contributed by atoms with van der Waals surface area (Å²) in [6.45, 7) is 12.9. The maximum absolute atomic E-state index is 13.0. The lowest BCUT2D eigenvalue weighted by molar-refractivity contribution is -0.137. The highest BCUT2D eigenvalue weighted by molar-refractivity contribution is 7.09. The highest BCUT2D eigenvalue weighted by Gasteiger charge is 2.51. The fourth-order valence-corrected chi connectivity index (χ4v) is 4.28. The van der Waals surface area contributed by atoms with Crippen LogP contribution < -0.4 is 10.2 Å². The van der Waals surface area contributed by atoms with E-state index >= 15 is 0 Å². The van der Waals surface area contributed by atoms with E-state index in [2.05, 4.69) is 4.98 Å². The molecular formula is C27H38BN3O8S. The molecule has 3 rings (SSSR count). The molecule has 0 bridgehead atoms. The number of rotatable bonds is 10. The van der Waals surface area contributed by atoms with Gasteiger partial charge in [-0.3, -0.25) is 9.59 Å². The molecule has 0 aliphatic carbocycles. The predicted molar refractivity (Wildman–Crippen MR) is 151 cm³/mol. The molecule has 1 aliphatic heterocycles. The lowest BCUT2D eigenvalue weighted by Crippen LogP contribution is -2.43. The van der Waals surface area contributed by atoms with Gasteiger partial charge in [-0.2, -0.15) is 0 Å². The van der Waals surface area contributed by atoms with Gasteiger partial charge in [0, 0.05) is 25.5 Å². The molecule has 1 N–H and O–H groups in total. The Hall–Kier alpha value is -3.16. The minimum Gasteiger partial charge on any atom is -0.486 e. The fourth-order valence-electron chi connectivity index (χ4n) is 3.60. The Balaban J connectivity index is 1.57. The molecule has 1 aromatic carbocycles. The van der Waals surface area contributed by atoms with Gasteiger partial charge in [0.1, 0.15) is 35.2 Å². The first-order valence-electron chi connectivity index (χ1n) is 13.0. The second-order valence-electron chi connectivity index (χ2n) is 11.6. The topological polar surface area (TPSA) is 128 Å². The minimum atomic E-state index is -1.17. The summed E-state index contributed by atoms with van der Waals surface area (Å²) in [6, 6.07) is 7.39. The van der Waals surface area contributed by atoms with Crippen molar-refractivity contribution in [2.75, 3.05) is 26.7 Å².